The molecule has 50 heavy (non-hydrogen) atoms. The van der Waals surface area contributed by atoms with Crippen LogP contribution in [0.2, 0.25) is 0 Å². The van der Waals surface area contributed by atoms with Gasteiger partial charge in [-0.1, -0.05) is 54.6 Å². The Bertz CT molecular complexity index is 2330. The van der Waals surface area contributed by atoms with Crippen LogP contribution in [0.25, 0.3) is 45.4 Å². The second-order valence-electron chi connectivity index (χ2n) is 11.6. The molecule has 0 radical (unpaired) electrons. The molecule has 0 aliphatic heterocycles. The highest BCUT2D eigenvalue weighted by Crippen LogP contribution is 2.30. The van der Waals surface area contributed by atoms with Crippen LogP contribution in [0.3, 0.4) is 0 Å². The van der Waals surface area contributed by atoms with Crippen LogP contribution in [0.5, 0.6) is 0 Å². The Morgan fingerprint density at radius 1 is 0.600 bits per heavy atom. The normalized spacial score (nSPS) is 11.7. The molecule has 3 heterocycles. The molecule has 0 aliphatic carbocycles. The number of hydrogen-bond donors (Lipinski definition) is 2. The summed E-state index contributed by atoms with van der Waals surface area (Å²) in [5, 5.41) is -0.936. The Morgan fingerprint density at radius 2 is 1.08 bits per heavy atom. The first kappa shape index (κ1) is 36.3. The summed E-state index contributed by atoms with van der Waals surface area (Å²) in [5.74, 6) is 1.37. The van der Waals surface area contributed by atoms with E-state index in [9.17, 15) is 16.8 Å². The van der Waals surface area contributed by atoms with Crippen LogP contribution in [0, 0.1) is 0 Å². The molecule has 0 amide bonds. The van der Waals surface area contributed by atoms with E-state index in [4.69, 9.17) is 15.9 Å². The molecule has 3 aromatic heterocycles. The van der Waals surface area contributed by atoms with E-state index in [-0.39, 0.29) is 16.6 Å². The van der Waals surface area contributed by atoms with Crippen molar-refractivity contribution in [1.82, 2.24) is 24.9 Å². The van der Waals surface area contributed by atoms with E-state index in [1.807, 2.05) is 30.3 Å². The van der Waals surface area contributed by atoms with Crippen molar-refractivity contribution in [3.63, 3.8) is 0 Å². The maximum Gasteiger partial charge on any atom is 0.249 e. The second-order valence-corrected chi connectivity index (χ2v) is 17.3. The van der Waals surface area contributed by atoms with Crippen LogP contribution in [0.4, 0.5) is 11.6 Å². The zero-order valence-corrected chi connectivity index (χ0v) is 30.7. The molecule has 0 bridgehead atoms. The van der Waals surface area contributed by atoms with Crippen LogP contribution in [-0.4, -0.2) is 52.3 Å². The van der Waals surface area contributed by atoms with Crippen molar-refractivity contribution >= 4 is 47.2 Å². The molecule has 0 spiro atoms. The van der Waals surface area contributed by atoms with Crippen LogP contribution >= 0.6 is 15.9 Å². The Morgan fingerprint density at radius 3 is 1.56 bits per heavy atom. The molecule has 6 aromatic rings. The molecule has 0 fully saturated rings. The van der Waals surface area contributed by atoms with Gasteiger partial charge in [0.05, 0.1) is 50.3 Å². The quantitative estimate of drug-likeness (QED) is 0.162. The lowest BCUT2D eigenvalue weighted by Gasteiger charge is -2.09. The SMILES string of the molecule is CC(C)S(=O)(=O)c1ccc(-c2cnc(N)c(-c3ncc(-c4ccccc4)o3)n2)cc1.CC(C)S(=O)(=O)c1ccc(-c2cnc(N)c(Br)n2)cc1. The van der Waals surface area contributed by atoms with Gasteiger partial charge in [-0.3, -0.25) is 0 Å². The molecule has 4 N–H and O–H groups in total. The van der Waals surface area contributed by atoms with Gasteiger partial charge in [0.2, 0.25) is 5.89 Å². The molecule has 258 valence electrons. The van der Waals surface area contributed by atoms with E-state index in [1.165, 1.54) is 6.20 Å². The number of nitrogens with two attached hydrogens (primary N) is 2. The highest BCUT2D eigenvalue weighted by atomic mass is 79.9. The topological polar surface area (TPSA) is 198 Å². The van der Waals surface area contributed by atoms with E-state index in [2.05, 4.69) is 40.8 Å². The number of sulfone groups is 2. The summed E-state index contributed by atoms with van der Waals surface area (Å²) < 4.78 is 55.0. The molecule has 0 saturated heterocycles. The lowest BCUT2D eigenvalue weighted by atomic mass is 10.1. The summed E-state index contributed by atoms with van der Waals surface area (Å²) in [6.45, 7) is 6.62. The van der Waals surface area contributed by atoms with E-state index in [0.29, 0.717) is 43.7 Å². The molecule has 0 unspecified atom stereocenters. The third-order valence-electron chi connectivity index (χ3n) is 7.52. The molecular formula is C35H34BrN7O5S2. The molecule has 6 rings (SSSR count). The van der Waals surface area contributed by atoms with E-state index >= 15 is 0 Å². The Labute approximate surface area is 299 Å². The molecule has 0 aliphatic rings. The molecule has 0 saturated carbocycles. The Kier molecular flexibility index (Phi) is 10.8. The van der Waals surface area contributed by atoms with E-state index in [0.717, 1.165) is 11.1 Å². The number of oxazole rings is 1. The highest BCUT2D eigenvalue weighted by Gasteiger charge is 2.21. The third kappa shape index (κ3) is 7.90. The maximum absolute atomic E-state index is 12.3. The number of anilines is 2. The minimum Gasteiger partial charge on any atom is -0.435 e. The summed E-state index contributed by atoms with van der Waals surface area (Å²) in [4.78, 5) is 21.9. The van der Waals surface area contributed by atoms with Gasteiger partial charge in [-0.25, -0.2) is 41.8 Å². The first-order valence-electron chi connectivity index (χ1n) is 15.3. The van der Waals surface area contributed by atoms with Crippen LogP contribution in [-0.2, 0) is 19.7 Å². The predicted molar refractivity (Wildman–Crippen MR) is 197 cm³/mol. The standard InChI is InChI=1S/C22H20N4O3S.C13H14BrN3O2S/c1-14(2)30(27,28)17-10-8-15(9-11-17)18-12-24-21(23)20(26-18)22-25-13-19(29-22)16-6-4-3-5-7-16;1-8(2)20(18,19)10-5-3-9(4-6-10)11-7-16-13(15)12(14)17-11/h3-14H,1-2H3,(H2,23,24);3-8H,1-2H3,(H2,15,16). The maximum atomic E-state index is 12.3. The van der Waals surface area contributed by atoms with Crippen molar-refractivity contribution in [2.75, 3.05) is 11.5 Å². The monoisotopic (exact) mass is 775 g/mol. The predicted octanol–water partition coefficient (Wildman–Crippen LogP) is 6.90. The zero-order valence-electron chi connectivity index (χ0n) is 27.5. The highest BCUT2D eigenvalue weighted by molar-refractivity contribution is 9.10. The number of nitrogens with zero attached hydrogens (tertiary/aromatic N) is 5. The third-order valence-corrected chi connectivity index (χ3v) is 12.4. The second kappa shape index (κ2) is 14.9. The fourth-order valence-electron chi connectivity index (χ4n) is 4.50. The van der Waals surface area contributed by atoms with Gasteiger partial charge in [0.25, 0.3) is 0 Å². The zero-order chi connectivity index (χ0) is 36.2. The molecule has 0 atom stereocenters. The summed E-state index contributed by atoms with van der Waals surface area (Å²) in [5.41, 5.74) is 15.5. The van der Waals surface area contributed by atoms with Crippen molar-refractivity contribution < 1.29 is 21.3 Å². The van der Waals surface area contributed by atoms with Crippen molar-refractivity contribution in [2.24, 2.45) is 0 Å². The number of rotatable bonds is 8. The lowest BCUT2D eigenvalue weighted by molar-refractivity contribution is 0.586. The van der Waals surface area contributed by atoms with Gasteiger partial charge in [-0.15, -0.1) is 0 Å². The van der Waals surface area contributed by atoms with Crippen LogP contribution in [0.15, 0.2) is 116 Å². The summed E-state index contributed by atoms with van der Waals surface area (Å²) in [6.07, 6.45) is 4.70. The van der Waals surface area contributed by atoms with Crippen molar-refractivity contribution in [1.29, 1.82) is 0 Å². The fourth-order valence-corrected chi connectivity index (χ4v) is 6.92. The summed E-state index contributed by atoms with van der Waals surface area (Å²) in [7, 11) is -6.59. The number of benzene rings is 3. The van der Waals surface area contributed by atoms with E-state index < -0.39 is 30.2 Å². The molecule has 12 nitrogen and oxygen atoms in total. The largest absolute Gasteiger partial charge is 0.435 e. The van der Waals surface area contributed by atoms with Crippen molar-refractivity contribution in [2.45, 2.75) is 48.0 Å². The van der Waals surface area contributed by atoms with Crippen LogP contribution in [0.1, 0.15) is 27.7 Å². The average molecular weight is 777 g/mol. The van der Waals surface area contributed by atoms with Crippen LogP contribution < -0.4 is 11.5 Å². The number of halogens is 1. The summed E-state index contributed by atoms with van der Waals surface area (Å²) >= 11 is 3.21. The van der Waals surface area contributed by atoms with E-state index in [1.54, 1.807) is 88.6 Å². The number of aromatic nitrogens is 5. The van der Waals surface area contributed by atoms with Gasteiger partial charge in [-0.2, -0.15) is 0 Å². The number of hydrogen-bond acceptors (Lipinski definition) is 12. The number of nitrogen functional groups attached to an aromatic ring is 2. The molecule has 3 aromatic carbocycles. The minimum atomic E-state index is -3.34. The lowest BCUT2D eigenvalue weighted by Crippen LogP contribution is -2.13. The van der Waals surface area contributed by atoms with Gasteiger partial charge in [0.15, 0.2) is 42.8 Å². The molecular weight excluding hydrogens is 742 g/mol. The van der Waals surface area contributed by atoms with Gasteiger partial charge >= 0.3 is 0 Å². The first-order valence-corrected chi connectivity index (χ1v) is 19.2. The van der Waals surface area contributed by atoms with Crippen molar-refractivity contribution in [3.05, 3.63) is 102 Å². The van der Waals surface area contributed by atoms with Gasteiger partial charge in [-0.05, 0) is 67.9 Å². The van der Waals surface area contributed by atoms with Gasteiger partial charge < -0.3 is 15.9 Å². The smallest absolute Gasteiger partial charge is 0.249 e. The Balaban J connectivity index is 0.000000211. The van der Waals surface area contributed by atoms with Gasteiger partial charge in [0, 0.05) is 16.7 Å². The van der Waals surface area contributed by atoms with Crippen molar-refractivity contribution in [3.8, 4) is 45.4 Å². The molecule has 15 heteroatoms. The average Bonchev–Trinajstić information content (AvgIpc) is 3.61. The summed E-state index contributed by atoms with van der Waals surface area (Å²) in [6, 6.07) is 22.7. The Hall–Kier alpha value is -4.99. The minimum absolute atomic E-state index is 0.194. The van der Waals surface area contributed by atoms with Gasteiger partial charge in [0.1, 0.15) is 4.60 Å². The fraction of sp³-hybridized carbons (Fsp3) is 0.171. The first-order chi connectivity index (χ1) is 23.7.